The molecule has 0 unspecified atom stereocenters. The molecule has 116 valence electrons. The molecular formula is C15H18N4O2S. The van der Waals surface area contributed by atoms with Gasteiger partial charge in [-0.15, -0.1) is 11.3 Å². The van der Waals surface area contributed by atoms with Crippen molar-refractivity contribution in [3.05, 3.63) is 45.9 Å². The lowest BCUT2D eigenvalue weighted by atomic mass is 10.2. The van der Waals surface area contributed by atoms with E-state index in [0.717, 1.165) is 10.6 Å². The summed E-state index contributed by atoms with van der Waals surface area (Å²) in [6, 6.07) is 7.33. The Morgan fingerprint density at radius 3 is 2.91 bits per heavy atom. The van der Waals surface area contributed by atoms with Gasteiger partial charge in [0.25, 0.3) is 5.91 Å². The second kappa shape index (κ2) is 7.67. The highest BCUT2D eigenvalue weighted by Gasteiger charge is 2.10. The summed E-state index contributed by atoms with van der Waals surface area (Å²) in [7, 11) is 0. The molecule has 7 heteroatoms. The van der Waals surface area contributed by atoms with Gasteiger partial charge in [0.2, 0.25) is 5.91 Å². The van der Waals surface area contributed by atoms with Crippen LogP contribution in [0.5, 0.6) is 0 Å². The van der Waals surface area contributed by atoms with E-state index in [-0.39, 0.29) is 11.8 Å². The summed E-state index contributed by atoms with van der Waals surface area (Å²) in [6.45, 7) is 2.34. The van der Waals surface area contributed by atoms with Gasteiger partial charge in [0.1, 0.15) is 5.69 Å². The van der Waals surface area contributed by atoms with Crippen molar-refractivity contribution >= 4 is 28.8 Å². The molecule has 2 rings (SSSR count). The van der Waals surface area contributed by atoms with Crippen LogP contribution < -0.4 is 16.4 Å². The first-order valence-corrected chi connectivity index (χ1v) is 7.75. The third-order valence-electron chi connectivity index (χ3n) is 2.84. The molecule has 0 saturated carbocycles. The molecule has 0 atom stereocenters. The van der Waals surface area contributed by atoms with E-state index in [1.54, 1.807) is 11.4 Å². The molecule has 0 aliphatic heterocycles. The Hall–Kier alpha value is -2.25. The molecule has 0 saturated heterocycles. The fourth-order valence-corrected chi connectivity index (χ4v) is 2.68. The lowest BCUT2D eigenvalue weighted by Gasteiger charge is -2.06. The summed E-state index contributed by atoms with van der Waals surface area (Å²) in [5.74, 6) is -0.347. The fourth-order valence-electron chi connectivity index (χ4n) is 1.89. The van der Waals surface area contributed by atoms with Crippen LogP contribution in [0.3, 0.4) is 0 Å². The minimum absolute atomic E-state index is 0.129. The Labute approximate surface area is 132 Å². The lowest BCUT2D eigenvalue weighted by molar-refractivity contribution is -0.114. The van der Waals surface area contributed by atoms with Gasteiger partial charge in [-0.3, -0.25) is 9.59 Å². The number of thiazole rings is 1. The molecule has 0 radical (unpaired) electrons. The minimum Gasteiger partial charge on any atom is -0.347 e. The number of carbonyl (C=O) groups is 2. The van der Waals surface area contributed by atoms with Gasteiger partial charge in [-0.1, -0.05) is 12.1 Å². The maximum absolute atomic E-state index is 12.0. The van der Waals surface area contributed by atoms with Crippen molar-refractivity contribution in [3.8, 4) is 0 Å². The molecule has 22 heavy (non-hydrogen) atoms. The van der Waals surface area contributed by atoms with Crippen LogP contribution in [0.15, 0.2) is 29.6 Å². The highest BCUT2D eigenvalue weighted by molar-refractivity contribution is 7.09. The molecule has 1 heterocycles. The van der Waals surface area contributed by atoms with Crippen LogP contribution in [0.1, 0.15) is 28.0 Å². The quantitative estimate of drug-likeness (QED) is 0.752. The number of anilines is 1. The third-order valence-corrected chi connectivity index (χ3v) is 3.75. The smallest absolute Gasteiger partial charge is 0.271 e. The number of nitrogens with two attached hydrogens (primary N) is 1. The Balaban J connectivity index is 1.94. The Morgan fingerprint density at radius 1 is 1.36 bits per heavy atom. The average Bonchev–Trinajstić information content (AvgIpc) is 2.94. The Morgan fingerprint density at radius 2 is 2.18 bits per heavy atom. The summed E-state index contributed by atoms with van der Waals surface area (Å²) >= 11 is 1.43. The molecule has 0 bridgehead atoms. The van der Waals surface area contributed by atoms with Crippen LogP contribution in [0.25, 0.3) is 0 Å². The van der Waals surface area contributed by atoms with Crippen molar-refractivity contribution in [2.75, 3.05) is 11.9 Å². The molecule has 4 N–H and O–H groups in total. The first-order valence-electron chi connectivity index (χ1n) is 6.87. The first-order chi connectivity index (χ1) is 10.6. The largest absolute Gasteiger partial charge is 0.347 e. The SMILES string of the molecule is CC(=O)Nc1cccc(CNC(=O)c2csc(CCN)n2)c1. The summed E-state index contributed by atoms with van der Waals surface area (Å²) in [4.78, 5) is 27.3. The van der Waals surface area contributed by atoms with E-state index in [1.807, 2.05) is 18.2 Å². The zero-order chi connectivity index (χ0) is 15.9. The normalized spacial score (nSPS) is 10.3. The van der Waals surface area contributed by atoms with E-state index >= 15 is 0 Å². The van der Waals surface area contributed by atoms with Crippen molar-refractivity contribution in [2.24, 2.45) is 5.73 Å². The van der Waals surface area contributed by atoms with Crippen LogP contribution in [0.4, 0.5) is 5.69 Å². The number of nitrogens with zero attached hydrogens (tertiary/aromatic N) is 1. The van der Waals surface area contributed by atoms with Gasteiger partial charge in [-0.05, 0) is 24.2 Å². The summed E-state index contributed by atoms with van der Waals surface area (Å²) in [5, 5.41) is 8.11. The predicted octanol–water partition coefficient (Wildman–Crippen LogP) is 1.53. The lowest BCUT2D eigenvalue weighted by Crippen LogP contribution is -2.23. The van der Waals surface area contributed by atoms with Gasteiger partial charge in [0.15, 0.2) is 0 Å². The summed E-state index contributed by atoms with van der Waals surface area (Å²) in [5.41, 5.74) is 7.48. The first kappa shape index (κ1) is 16.1. The monoisotopic (exact) mass is 318 g/mol. The number of hydrogen-bond acceptors (Lipinski definition) is 5. The molecule has 0 aliphatic rings. The summed E-state index contributed by atoms with van der Waals surface area (Å²) < 4.78 is 0. The fraction of sp³-hybridized carbons (Fsp3) is 0.267. The number of hydrogen-bond donors (Lipinski definition) is 3. The number of carbonyl (C=O) groups excluding carboxylic acids is 2. The second-order valence-electron chi connectivity index (χ2n) is 4.73. The van der Waals surface area contributed by atoms with Crippen molar-refractivity contribution in [2.45, 2.75) is 19.9 Å². The number of aromatic nitrogens is 1. The molecule has 1 aromatic heterocycles. The van der Waals surface area contributed by atoms with E-state index in [1.165, 1.54) is 18.3 Å². The van der Waals surface area contributed by atoms with Crippen LogP contribution in [0, 0.1) is 0 Å². The zero-order valence-corrected chi connectivity index (χ0v) is 13.1. The Bertz CT molecular complexity index is 669. The maximum Gasteiger partial charge on any atom is 0.271 e. The van der Waals surface area contributed by atoms with Gasteiger partial charge in [0, 0.05) is 31.0 Å². The third kappa shape index (κ3) is 4.64. The van der Waals surface area contributed by atoms with E-state index < -0.39 is 0 Å². The number of nitrogens with one attached hydrogen (secondary N) is 2. The van der Waals surface area contributed by atoms with Crippen LogP contribution in [-0.2, 0) is 17.8 Å². The van der Waals surface area contributed by atoms with Gasteiger partial charge in [-0.2, -0.15) is 0 Å². The number of amides is 2. The van der Waals surface area contributed by atoms with Gasteiger partial charge < -0.3 is 16.4 Å². The maximum atomic E-state index is 12.0. The van der Waals surface area contributed by atoms with E-state index in [0.29, 0.717) is 30.9 Å². The molecule has 2 aromatic rings. The zero-order valence-electron chi connectivity index (χ0n) is 12.3. The minimum atomic E-state index is -0.218. The van der Waals surface area contributed by atoms with E-state index in [4.69, 9.17) is 5.73 Å². The molecular weight excluding hydrogens is 300 g/mol. The second-order valence-corrected chi connectivity index (χ2v) is 5.67. The standard InChI is InChI=1S/C15H18N4O2S/c1-10(20)18-12-4-2-3-11(7-12)8-17-15(21)13-9-22-14(19-13)5-6-16/h2-4,7,9H,5-6,8,16H2,1H3,(H,17,21)(H,18,20). The van der Waals surface area contributed by atoms with E-state index in [2.05, 4.69) is 15.6 Å². The van der Waals surface area contributed by atoms with Crippen LogP contribution in [0.2, 0.25) is 0 Å². The van der Waals surface area contributed by atoms with Crippen molar-refractivity contribution in [3.63, 3.8) is 0 Å². The highest BCUT2D eigenvalue weighted by Crippen LogP contribution is 2.12. The molecule has 0 fully saturated rings. The van der Waals surface area contributed by atoms with Crippen molar-refractivity contribution in [1.29, 1.82) is 0 Å². The molecule has 0 spiro atoms. The van der Waals surface area contributed by atoms with Gasteiger partial charge in [0.05, 0.1) is 5.01 Å². The van der Waals surface area contributed by atoms with Crippen LogP contribution in [-0.4, -0.2) is 23.3 Å². The van der Waals surface area contributed by atoms with Gasteiger partial charge >= 0.3 is 0 Å². The highest BCUT2D eigenvalue weighted by atomic mass is 32.1. The topological polar surface area (TPSA) is 97.1 Å². The van der Waals surface area contributed by atoms with Gasteiger partial charge in [-0.25, -0.2) is 4.98 Å². The number of rotatable bonds is 6. The van der Waals surface area contributed by atoms with E-state index in [9.17, 15) is 9.59 Å². The average molecular weight is 318 g/mol. The van der Waals surface area contributed by atoms with Crippen LogP contribution >= 0.6 is 11.3 Å². The molecule has 2 amide bonds. The molecule has 6 nitrogen and oxygen atoms in total. The predicted molar refractivity (Wildman–Crippen MR) is 86.8 cm³/mol. The Kier molecular flexibility index (Phi) is 5.62. The van der Waals surface area contributed by atoms with Crippen molar-refractivity contribution in [1.82, 2.24) is 10.3 Å². The molecule has 1 aromatic carbocycles. The molecule has 0 aliphatic carbocycles. The summed E-state index contributed by atoms with van der Waals surface area (Å²) in [6.07, 6.45) is 0.677. The number of benzene rings is 1. The van der Waals surface area contributed by atoms with Crippen molar-refractivity contribution < 1.29 is 9.59 Å².